The van der Waals surface area contributed by atoms with Crippen LogP contribution in [0.1, 0.15) is 23.9 Å². The maximum atomic E-state index is 12.5. The van der Waals surface area contributed by atoms with Gasteiger partial charge in [-0.25, -0.2) is 4.98 Å². The summed E-state index contributed by atoms with van der Waals surface area (Å²) >= 11 is 6.11. The molecule has 0 spiro atoms. The maximum Gasteiger partial charge on any atom is 0.573 e. The molecule has 2 heterocycles. The fourth-order valence-electron chi connectivity index (χ4n) is 2.89. The Kier molecular flexibility index (Phi) is 7.62. The number of carbonyl (C=O) groups excluding carboxylic acids is 1. The van der Waals surface area contributed by atoms with Crippen LogP contribution >= 0.6 is 11.6 Å². The van der Waals surface area contributed by atoms with Crippen molar-refractivity contribution in [3.8, 4) is 17.6 Å². The number of hydrogen-bond acceptors (Lipinski definition) is 5. The van der Waals surface area contributed by atoms with Gasteiger partial charge in [0.25, 0.3) is 0 Å². The van der Waals surface area contributed by atoms with Gasteiger partial charge in [0.15, 0.2) is 0 Å². The summed E-state index contributed by atoms with van der Waals surface area (Å²) in [5.41, 5.74) is 2.16. The van der Waals surface area contributed by atoms with Crippen molar-refractivity contribution in [3.63, 3.8) is 0 Å². The number of aromatic nitrogens is 2. The van der Waals surface area contributed by atoms with Crippen molar-refractivity contribution in [3.05, 3.63) is 64.6 Å². The normalized spacial score (nSPS) is 11.2. The van der Waals surface area contributed by atoms with Gasteiger partial charge >= 0.3 is 12.3 Å². The Balaban J connectivity index is 1.84. The highest BCUT2D eigenvalue weighted by Crippen LogP contribution is 2.23. The van der Waals surface area contributed by atoms with Gasteiger partial charge in [-0.05, 0) is 43.2 Å². The number of nitrogens with zero attached hydrogens (tertiary/aromatic N) is 2. The van der Waals surface area contributed by atoms with Crippen LogP contribution in [-0.4, -0.2) is 41.4 Å². The second-order valence-corrected chi connectivity index (χ2v) is 6.98. The molecule has 3 rings (SSSR count). The first kappa shape index (κ1) is 23.4. The van der Waals surface area contributed by atoms with Gasteiger partial charge < -0.3 is 14.8 Å². The molecule has 0 aliphatic rings. The molecule has 0 bridgehead atoms. The zero-order valence-corrected chi connectivity index (χ0v) is 17.8. The van der Waals surface area contributed by atoms with Gasteiger partial charge in [-0.3, -0.25) is 9.20 Å². The lowest BCUT2D eigenvalue weighted by Crippen LogP contribution is -2.26. The molecule has 0 saturated heterocycles. The summed E-state index contributed by atoms with van der Waals surface area (Å²) in [6.07, 6.45) is -2.67. The highest BCUT2D eigenvalue weighted by atomic mass is 35.5. The minimum atomic E-state index is -4.78. The van der Waals surface area contributed by atoms with Crippen LogP contribution in [0.25, 0.3) is 5.65 Å². The van der Waals surface area contributed by atoms with E-state index in [0.29, 0.717) is 47.2 Å². The lowest BCUT2D eigenvalue weighted by atomic mass is 10.2. The number of carbonyl (C=O) groups is 1. The molecular formula is C22H19ClF3N3O3. The van der Waals surface area contributed by atoms with E-state index in [4.69, 9.17) is 16.3 Å². The minimum absolute atomic E-state index is 0.0695. The largest absolute Gasteiger partial charge is 0.573 e. The van der Waals surface area contributed by atoms with E-state index in [9.17, 15) is 18.0 Å². The summed E-state index contributed by atoms with van der Waals surface area (Å²) in [6.45, 7) is 2.55. The number of fused-ring (bicyclic) bond motifs is 1. The number of rotatable bonds is 7. The number of hydrogen-bond donors (Lipinski definition) is 1. The summed E-state index contributed by atoms with van der Waals surface area (Å²) in [4.78, 5) is 16.0. The first-order valence-corrected chi connectivity index (χ1v) is 10.0. The van der Waals surface area contributed by atoms with E-state index in [0.717, 1.165) is 0 Å². The molecule has 168 valence electrons. The van der Waals surface area contributed by atoms with Crippen LogP contribution in [0.5, 0.6) is 5.75 Å². The van der Waals surface area contributed by atoms with E-state index in [1.165, 1.54) is 18.2 Å². The Morgan fingerprint density at radius 2 is 2.06 bits per heavy atom. The van der Waals surface area contributed by atoms with Crippen LogP contribution in [0.2, 0.25) is 5.02 Å². The van der Waals surface area contributed by atoms with E-state index >= 15 is 0 Å². The van der Waals surface area contributed by atoms with Gasteiger partial charge in [0, 0.05) is 24.7 Å². The molecule has 0 amide bonds. The highest BCUT2D eigenvalue weighted by Gasteiger charge is 2.31. The Morgan fingerprint density at radius 1 is 1.25 bits per heavy atom. The number of pyridine rings is 1. The van der Waals surface area contributed by atoms with Crippen LogP contribution in [-0.2, 0) is 16.0 Å². The average Bonchev–Trinajstić information content (AvgIpc) is 3.05. The lowest BCUT2D eigenvalue weighted by molar-refractivity contribution is -0.274. The molecule has 0 aliphatic heterocycles. The summed E-state index contributed by atoms with van der Waals surface area (Å²) in [5, 5.41) is 3.46. The van der Waals surface area contributed by atoms with Gasteiger partial charge in [0.05, 0.1) is 23.9 Å². The van der Waals surface area contributed by atoms with Crippen molar-refractivity contribution >= 4 is 23.2 Å². The van der Waals surface area contributed by atoms with Gasteiger partial charge in [0.1, 0.15) is 17.1 Å². The Labute approximate surface area is 187 Å². The highest BCUT2D eigenvalue weighted by molar-refractivity contribution is 6.30. The van der Waals surface area contributed by atoms with Gasteiger partial charge in [-0.15, -0.1) is 13.2 Å². The quantitative estimate of drug-likeness (QED) is 0.325. The summed E-state index contributed by atoms with van der Waals surface area (Å²) in [6, 6.07) is 8.84. The zero-order valence-electron chi connectivity index (χ0n) is 17.0. The van der Waals surface area contributed by atoms with Crippen molar-refractivity contribution in [2.45, 2.75) is 19.7 Å². The first-order valence-electron chi connectivity index (χ1n) is 9.66. The van der Waals surface area contributed by atoms with E-state index < -0.39 is 6.36 Å². The topological polar surface area (TPSA) is 64.9 Å². The third-order valence-electron chi connectivity index (χ3n) is 4.16. The Hall–Kier alpha value is -3.22. The van der Waals surface area contributed by atoms with Crippen molar-refractivity contribution in [2.24, 2.45) is 0 Å². The van der Waals surface area contributed by atoms with Crippen molar-refractivity contribution < 1.29 is 27.4 Å². The second-order valence-electron chi connectivity index (χ2n) is 6.54. The van der Waals surface area contributed by atoms with E-state index in [1.54, 1.807) is 35.7 Å². The smallest absolute Gasteiger partial charge is 0.465 e. The SMILES string of the molecule is CCOC(=O)CNCCc1nc2ccc(Cl)cn2c1C#Cc1cccc(OC(F)(F)F)c1. The molecule has 10 heteroatoms. The predicted molar refractivity (Wildman–Crippen MR) is 113 cm³/mol. The van der Waals surface area contributed by atoms with E-state index in [1.807, 2.05) is 0 Å². The van der Waals surface area contributed by atoms with Crippen molar-refractivity contribution in [1.29, 1.82) is 0 Å². The van der Waals surface area contributed by atoms with Crippen molar-refractivity contribution in [1.82, 2.24) is 14.7 Å². The number of nitrogens with one attached hydrogen (secondary N) is 1. The number of alkyl halides is 3. The molecule has 6 nitrogen and oxygen atoms in total. The monoisotopic (exact) mass is 465 g/mol. The van der Waals surface area contributed by atoms with E-state index in [2.05, 4.69) is 26.9 Å². The van der Waals surface area contributed by atoms with Crippen LogP contribution in [0.3, 0.4) is 0 Å². The van der Waals surface area contributed by atoms with Gasteiger partial charge in [-0.2, -0.15) is 0 Å². The third kappa shape index (κ3) is 6.64. The molecule has 1 N–H and O–H groups in total. The van der Waals surface area contributed by atoms with Crippen LogP contribution in [0.4, 0.5) is 13.2 Å². The molecule has 3 aromatic rings. The average molecular weight is 466 g/mol. The maximum absolute atomic E-state index is 12.5. The van der Waals surface area contributed by atoms with Crippen LogP contribution in [0, 0.1) is 11.8 Å². The second kappa shape index (κ2) is 10.4. The van der Waals surface area contributed by atoms with Crippen LogP contribution in [0.15, 0.2) is 42.6 Å². The number of esters is 1. The summed E-state index contributed by atoms with van der Waals surface area (Å²) < 4.78 is 47.9. The fourth-order valence-corrected chi connectivity index (χ4v) is 3.05. The predicted octanol–water partition coefficient (Wildman–Crippen LogP) is 3.98. The number of imidazole rings is 1. The number of benzene rings is 1. The fraction of sp³-hybridized carbons (Fsp3) is 0.273. The zero-order chi connectivity index (χ0) is 23.1. The van der Waals surface area contributed by atoms with E-state index in [-0.39, 0.29) is 18.3 Å². The minimum Gasteiger partial charge on any atom is -0.465 e. The Bertz CT molecular complexity index is 1170. The number of ether oxygens (including phenoxy) is 2. The van der Waals surface area contributed by atoms with Crippen molar-refractivity contribution in [2.75, 3.05) is 19.7 Å². The summed E-state index contributed by atoms with van der Waals surface area (Å²) in [7, 11) is 0. The molecule has 32 heavy (non-hydrogen) atoms. The molecule has 0 fully saturated rings. The standard InChI is InChI=1S/C22H19ClF3N3O3/c1-2-31-21(30)13-27-11-10-18-19(29-14-16(23)7-9-20(29)28-18)8-6-15-4-3-5-17(12-15)32-22(24,25)26/h3-5,7,9,12,14,27H,2,10-11,13H2,1H3. The van der Waals surface area contributed by atoms with Gasteiger partial charge in [-0.1, -0.05) is 23.6 Å². The third-order valence-corrected chi connectivity index (χ3v) is 4.38. The lowest BCUT2D eigenvalue weighted by Gasteiger charge is -2.08. The summed E-state index contributed by atoms with van der Waals surface area (Å²) in [5.74, 6) is 5.13. The molecule has 2 aromatic heterocycles. The molecule has 0 aliphatic carbocycles. The first-order chi connectivity index (χ1) is 15.2. The van der Waals surface area contributed by atoms with Gasteiger partial charge in [0.2, 0.25) is 0 Å². The molecule has 0 radical (unpaired) electrons. The molecular weight excluding hydrogens is 447 g/mol. The van der Waals surface area contributed by atoms with Crippen LogP contribution < -0.4 is 10.1 Å². The molecule has 0 atom stereocenters. The Morgan fingerprint density at radius 3 is 2.81 bits per heavy atom. The molecule has 0 unspecified atom stereocenters. The number of halogens is 4. The molecule has 0 saturated carbocycles. The molecule has 1 aromatic carbocycles.